The molecule has 1 aliphatic rings. The Bertz CT molecular complexity index is 887. The molecule has 0 aliphatic carbocycles. The van der Waals surface area contributed by atoms with E-state index in [1.54, 1.807) is 28.7 Å². The minimum absolute atomic E-state index is 0.230. The van der Waals surface area contributed by atoms with E-state index >= 15 is 0 Å². The van der Waals surface area contributed by atoms with Gasteiger partial charge in [0, 0.05) is 24.8 Å². The lowest BCUT2D eigenvalue weighted by molar-refractivity contribution is 0.102. The Morgan fingerprint density at radius 2 is 1.63 bits per heavy atom. The summed E-state index contributed by atoms with van der Waals surface area (Å²) >= 11 is 0. The lowest BCUT2D eigenvalue weighted by Crippen LogP contribution is -2.33. The molecular formula is C20H25N3O3S. The van der Waals surface area contributed by atoms with Crippen LogP contribution in [0.25, 0.3) is 0 Å². The fourth-order valence-corrected chi connectivity index (χ4v) is 4.70. The van der Waals surface area contributed by atoms with Crippen molar-refractivity contribution in [1.82, 2.24) is 9.29 Å². The minimum atomic E-state index is -3.52. The Morgan fingerprint density at radius 3 is 2.26 bits per heavy atom. The van der Waals surface area contributed by atoms with Crippen LogP contribution in [0.3, 0.4) is 0 Å². The van der Waals surface area contributed by atoms with Gasteiger partial charge in [0.15, 0.2) is 0 Å². The average molecular weight is 388 g/mol. The maximum Gasteiger partial charge on any atom is 0.256 e. The molecule has 7 heteroatoms. The number of sulfonamides is 1. The van der Waals surface area contributed by atoms with Gasteiger partial charge < -0.3 is 5.32 Å². The highest BCUT2D eigenvalue weighted by Crippen LogP contribution is 2.21. The Balaban J connectivity index is 1.74. The van der Waals surface area contributed by atoms with Crippen molar-refractivity contribution in [2.45, 2.75) is 43.9 Å². The van der Waals surface area contributed by atoms with Crippen LogP contribution < -0.4 is 5.32 Å². The summed E-state index contributed by atoms with van der Waals surface area (Å²) in [5.74, 6) is 0.187. The third-order valence-corrected chi connectivity index (χ3v) is 6.72. The zero-order chi connectivity index (χ0) is 19.3. The van der Waals surface area contributed by atoms with Gasteiger partial charge in [-0.1, -0.05) is 25.3 Å². The zero-order valence-electron chi connectivity index (χ0n) is 15.5. The number of carbonyl (C=O) groups excluding carboxylic acids is 1. The van der Waals surface area contributed by atoms with Gasteiger partial charge in [-0.05, 0) is 55.7 Å². The van der Waals surface area contributed by atoms with Crippen LogP contribution in [0.2, 0.25) is 0 Å². The molecule has 144 valence electrons. The number of hydrogen-bond acceptors (Lipinski definition) is 4. The highest BCUT2D eigenvalue weighted by Gasteiger charge is 2.24. The molecule has 0 bridgehead atoms. The Kier molecular flexibility index (Phi) is 6.23. The van der Waals surface area contributed by atoms with Gasteiger partial charge >= 0.3 is 0 Å². The second kappa shape index (κ2) is 8.63. The van der Waals surface area contributed by atoms with Crippen molar-refractivity contribution < 1.29 is 13.2 Å². The van der Waals surface area contributed by atoms with Crippen molar-refractivity contribution in [1.29, 1.82) is 0 Å². The first kappa shape index (κ1) is 19.5. The summed E-state index contributed by atoms with van der Waals surface area (Å²) in [7, 11) is -3.52. The molecule has 1 N–H and O–H groups in total. The fraction of sp³-hybridized carbons (Fsp3) is 0.400. The number of benzene rings is 1. The van der Waals surface area contributed by atoms with Gasteiger partial charge in [-0.2, -0.15) is 4.31 Å². The van der Waals surface area contributed by atoms with Crippen LogP contribution >= 0.6 is 0 Å². The monoisotopic (exact) mass is 387 g/mol. The molecule has 0 atom stereocenters. The first-order valence-corrected chi connectivity index (χ1v) is 10.8. The molecule has 1 aromatic carbocycles. The molecule has 27 heavy (non-hydrogen) atoms. The standard InChI is InChI=1S/C20H25N3O3S/c1-16-8-7-13-21-19(16)22-20(24)17-9-11-18(12-10-17)27(25,26)23-14-5-3-2-4-6-15-23/h7-13H,2-6,14-15H2,1H3,(H,21,22,24). The lowest BCUT2D eigenvalue weighted by atomic mass is 10.1. The van der Waals surface area contributed by atoms with E-state index in [9.17, 15) is 13.2 Å². The molecule has 1 amide bonds. The van der Waals surface area contributed by atoms with Crippen LogP contribution in [0, 0.1) is 6.92 Å². The van der Waals surface area contributed by atoms with E-state index in [4.69, 9.17) is 0 Å². The molecule has 0 radical (unpaired) electrons. The number of aromatic nitrogens is 1. The number of amides is 1. The lowest BCUT2D eigenvalue weighted by Gasteiger charge is -2.24. The Labute approximate surface area is 160 Å². The molecule has 1 aliphatic heterocycles. The van der Waals surface area contributed by atoms with Crippen molar-refractivity contribution in [2.75, 3.05) is 18.4 Å². The molecule has 0 saturated carbocycles. The molecule has 6 nitrogen and oxygen atoms in total. The number of pyridine rings is 1. The molecule has 1 aromatic heterocycles. The first-order chi connectivity index (χ1) is 13.0. The van der Waals surface area contributed by atoms with E-state index in [0.29, 0.717) is 24.5 Å². The van der Waals surface area contributed by atoms with E-state index in [0.717, 1.165) is 31.2 Å². The van der Waals surface area contributed by atoms with Crippen molar-refractivity contribution in [3.63, 3.8) is 0 Å². The van der Waals surface area contributed by atoms with E-state index in [1.165, 1.54) is 18.6 Å². The van der Waals surface area contributed by atoms with Gasteiger partial charge in [0.25, 0.3) is 5.91 Å². The predicted molar refractivity (Wildman–Crippen MR) is 105 cm³/mol. The second-order valence-corrected chi connectivity index (χ2v) is 8.76. The fourth-order valence-electron chi connectivity index (χ4n) is 3.18. The summed E-state index contributed by atoms with van der Waals surface area (Å²) in [4.78, 5) is 16.8. The molecule has 2 heterocycles. The van der Waals surface area contributed by atoms with Gasteiger partial charge in [0.1, 0.15) is 5.82 Å². The average Bonchev–Trinajstić information content (AvgIpc) is 2.63. The molecule has 2 aromatic rings. The normalized spacial score (nSPS) is 16.3. The van der Waals surface area contributed by atoms with Crippen molar-refractivity contribution in [2.24, 2.45) is 0 Å². The number of anilines is 1. The van der Waals surface area contributed by atoms with E-state index < -0.39 is 10.0 Å². The smallest absolute Gasteiger partial charge is 0.256 e. The summed E-state index contributed by atoms with van der Waals surface area (Å²) in [6.07, 6.45) is 6.71. The highest BCUT2D eigenvalue weighted by atomic mass is 32.2. The SMILES string of the molecule is Cc1cccnc1NC(=O)c1ccc(S(=O)(=O)N2CCCCCCC2)cc1. The minimum Gasteiger partial charge on any atom is -0.306 e. The van der Waals surface area contributed by atoms with Crippen LogP contribution in [-0.4, -0.2) is 36.7 Å². The van der Waals surface area contributed by atoms with Crippen LogP contribution in [0.5, 0.6) is 0 Å². The van der Waals surface area contributed by atoms with Crippen molar-refractivity contribution in [3.8, 4) is 0 Å². The van der Waals surface area contributed by atoms with Gasteiger partial charge in [-0.15, -0.1) is 0 Å². The molecule has 1 fully saturated rings. The molecule has 1 saturated heterocycles. The Morgan fingerprint density at radius 1 is 1.00 bits per heavy atom. The van der Waals surface area contributed by atoms with Gasteiger partial charge in [-0.25, -0.2) is 13.4 Å². The number of nitrogens with zero attached hydrogens (tertiary/aromatic N) is 2. The maximum absolute atomic E-state index is 12.9. The van der Waals surface area contributed by atoms with E-state index in [1.807, 2.05) is 13.0 Å². The van der Waals surface area contributed by atoms with Gasteiger partial charge in [0.05, 0.1) is 4.90 Å². The van der Waals surface area contributed by atoms with E-state index in [2.05, 4.69) is 10.3 Å². The van der Waals surface area contributed by atoms with Crippen LogP contribution in [0.1, 0.15) is 48.0 Å². The Hall–Kier alpha value is -2.25. The second-order valence-electron chi connectivity index (χ2n) is 6.82. The van der Waals surface area contributed by atoms with Gasteiger partial charge in [0.2, 0.25) is 10.0 Å². The number of carbonyl (C=O) groups is 1. The van der Waals surface area contributed by atoms with Crippen LogP contribution in [0.15, 0.2) is 47.5 Å². The molecule has 0 unspecified atom stereocenters. The topological polar surface area (TPSA) is 79.4 Å². The summed E-state index contributed by atoms with van der Waals surface area (Å²) in [6, 6.07) is 9.77. The van der Waals surface area contributed by atoms with E-state index in [-0.39, 0.29) is 10.8 Å². The first-order valence-electron chi connectivity index (χ1n) is 9.32. The highest BCUT2D eigenvalue weighted by molar-refractivity contribution is 7.89. The van der Waals surface area contributed by atoms with Crippen molar-refractivity contribution >= 4 is 21.7 Å². The van der Waals surface area contributed by atoms with Crippen LogP contribution in [-0.2, 0) is 10.0 Å². The third kappa shape index (κ3) is 4.73. The van der Waals surface area contributed by atoms with Crippen molar-refractivity contribution in [3.05, 3.63) is 53.7 Å². The molecule has 3 rings (SSSR count). The number of hydrogen-bond donors (Lipinski definition) is 1. The van der Waals surface area contributed by atoms with Gasteiger partial charge in [-0.3, -0.25) is 4.79 Å². The zero-order valence-corrected chi connectivity index (χ0v) is 16.3. The largest absolute Gasteiger partial charge is 0.306 e. The van der Waals surface area contributed by atoms with Crippen LogP contribution in [0.4, 0.5) is 5.82 Å². The number of rotatable bonds is 4. The number of aryl methyl sites for hydroxylation is 1. The summed E-state index contributed by atoms with van der Waals surface area (Å²) in [5.41, 5.74) is 1.26. The molecule has 0 spiro atoms. The summed E-state index contributed by atoms with van der Waals surface area (Å²) < 4.78 is 27.3. The third-order valence-electron chi connectivity index (χ3n) is 4.81. The summed E-state index contributed by atoms with van der Waals surface area (Å²) in [6.45, 7) is 2.98. The quantitative estimate of drug-likeness (QED) is 0.869. The predicted octanol–water partition coefficient (Wildman–Crippen LogP) is 3.60. The maximum atomic E-state index is 12.9. The number of nitrogens with one attached hydrogen (secondary N) is 1. The summed E-state index contributed by atoms with van der Waals surface area (Å²) in [5, 5.41) is 2.75. The molecular weight excluding hydrogens is 362 g/mol.